The minimum absolute atomic E-state index is 0.176. The van der Waals surface area contributed by atoms with Crippen molar-refractivity contribution in [2.45, 2.75) is 75.5 Å². The van der Waals surface area contributed by atoms with Crippen LogP contribution in [-0.2, 0) is 38.4 Å². The van der Waals surface area contributed by atoms with Crippen molar-refractivity contribution in [3.05, 3.63) is 0 Å². The molecule has 0 aromatic carbocycles. The van der Waals surface area contributed by atoms with Gasteiger partial charge in [0.15, 0.2) is 0 Å². The second-order valence-corrected chi connectivity index (χ2v) is 7.93. The molecule has 17 nitrogen and oxygen atoms in total. The summed E-state index contributed by atoms with van der Waals surface area (Å²) >= 11 is 0. The first-order valence-electron chi connectivity index (χ1n) is 11.0. The lowest BCUT2D eigenvalue weighted by molar-refractivity contribution is -0.144. The number of hydrogen-bond acceptors (Lipinski definition) is 9. The average molecular weight is 533 g/mol. The highest BCUT2D eigenvalue weighted by atomic mass is 16.4. The molecule has 208 valence electrons. The molecule has 0 unspecified atom stereocenters. The zero-order chi connectivity index (χ0) is 28.7. The van der Waals surface area contributed by atoms with Gasteiger partial charge >= 0.3 is 23.9 Å². The van der Waals surface area contributed by atoms with Crippen molar-refractivity contribution in [2.24, 2.45) is 11.5 Å². The van der Waals surface area contributed by atoms with Crippen molar-refractivity contribution in [3.8, 4) is 0 Å². The molecule has 4 amide bonds. The largest absolute Gasteiger partial charge is 0.481 e. The number of carbonyl (C=O) groups is 8. The van der Waals surface area contributed by atoms with E-state index in [1.54, 1.807) is 0 Å². The molecule has 0 spiro atoms. The van der Waals surface area contributed by atoms with E-state index in [0.717, 1.165) is 0 Å². The van der Waals surface area contributed by atoms with E-state index in [4.69, 9.17) is 26.8 Å². The Kier molecular flexibility index (Phi) is 14.5. The van der Waals surface area contributed by atoms with Crippen molar-refractivity contribution >= 4 is 47.5 Å². The fraction of sp³-hybridized carbons (Fsp3) is 0.600. The number of aliphatic carboxylic acids is 4. The molecule has 4 atom stereocenters. The minimum Gasteiger partial charge on any atom is -0.481 e. The maximum absolute atomic E-state index is 12.8. The summed E-state index contributed by atoms with van der Waals surface area (Å²) < 4.78 is 0. The van der Waals surface area contributed by atoms with E-state index in [2.05, 4.69) is 10.6 Å². The first-order valence-corrected chi connectivity index (χ1v) is 11.0. The van der Waals surface area contributed by atoms with Gasteiger partial charge in [-0.2, -0.15) is 0 Å². The van der Waals surface area contributed by atoms with Gasteiger partial charge in [-0.25, -0.2) is 4.79 Å². The fourth-order valence-electron chi connectivity index (χ4n) is 2.85. The van der Waals surface area contributed by atoms with Crippen LogP contribution in [0, 0.1) is 0 Å². The van der Waals surface area contributed by atoms with Crippen molar-refractivity contribution in [1.29, 1.82) is 0 Å². The molecule has 0 saturated carbocycles. The van der Waals surface area contributed by atoms with Crippen LogP contribution in [0.25, 0.3) is 0 Å². The van der Waals surface area contributed by atoms with Crippen LogP contribution in [-0.4, -0.2) is 92.1 Å². The Labute approximate surface area is 209 Å². The van der Waals surface area contributed by atoms with E-state index in [1.165, 1.54) is 0 Å². The summed E-state index contributed by atoms with van der Waals surface area (Å²) in [4.78, 5) is 92.7. The van der Waals surface area contributed by atoms with E-state index < -0.39 is 110 Å². The molecule has 0 rings (SSSR count). The van der Waals surface area contributed by atoms with E-state index in [0.29, 0.717) is 0 Å². The highest BCUT2D eigenvalue weighted by Crippen LogP contribution is 2.06. The molecule has 0 saturated heterocycles. The van der Waals surface area contributed by atoms with Crippen LogP contribution in [0.5, 0.6) is 0 Å². The number of nitrogens with two attached hydrogens (primary N) is 2. The zero-order valence-corrected chi connectivity index (χ0v) is 19.7. The number of nitrogens with one attached hydrogen (secondary N) is 3. The third kappa shape index (κ3) is 14.7. The van der Waals surface area contributed by atoms with Crippen molar-refractivity contribution in [2.75, 3.05) is 0 Å². The molecule has 0 aromatic rings. The number of rotatable bonds is 19. The van der Waals surface area contributed by atoms with Gasteiger partial charge in [0, 0.05) is 25.7 Å². The summed E-state index contributed by atoms with van der Waals surface area (Å²) in [6.45, 7) is 0. The third-order valence-corrected chi connectivity index (χ3v) is 4.86. The number of carboxylic acids is 4. The number of amides is 4. The smallest absolute Gasteiger partial charge is 0.326 e. The Morgan fingerprint density at radius 2 is 0.892 bits per heavy atom. The molecular formula is C20H31N5O12. The topological polar surface area (TPSA) is 306 Å². The van der Waals surface area contributed by atoms with Crippen molar-refractivity contribution in [1.82, 2.24) is 16.0 Å². The molecule has 0 aromatic heterocycles. The third-order valence-electron chi connectivity index (χ3n) is 4.86. The Morgan fingerprint density at radius 1 is 0.541 bits per heavy atom. The summed E-state index contributed by atoms with van der Waals surface area (Å²) in [7, 11) is 0. The van der Waals surface area contributed by atoms with Crippen molar-refractivity contribution in [3.63, 3.8) is 0 Å². The van der Waals surface area contributed by atoms with E-state index >= 15 is 0 Å². The SMILES string of the molecule is NC(=O)CC[C@H](N)C(=O)N[C@@H](CCC(=O)O)C(=O)N[C@@H](CCC(=O)O)C(=O)N[C@@H](CCC(=O)O)C(=O)O. The summed E-state index contributed by atoms with van der Waals surface area (Å²) in [6, 6.07) is -6.14. The monoisotopic (exact) mass is 533 g/mol. The van der Waals surface area contributed by atoms with Gasteiger partial charge in [-0.3, -0.25) is 33.6 Å². The normalized spacial score (nSPS) is 13.8. The summed E-state index contributed by atoms with van der Waals surface area (Å²) in [5, 5.41) is 42.2. The van der Waals surface area contributed by atoms with Gasteiger partial charge in [0.2, 0.25) is 23.6 Å². The summed E-state index contributed by atoms with van der Waals surface area (Å²) in [5.41, 5.74) is 10.6. The maximum atomic E-state index is 12.8. The predicted octanol–water partition coefficient (Wildman–Crippen LogP) is -3.29. The van der Waals surface area contributed by atoms with Gasteiger partial charge in [0.1, 0.15) is 18.1 Å². The zero-order valence-electron chi connectivity index (χ0n) is 19.7. The standard InChI is InChI=1S/C20H31N5O12/c21-9(1-5-13(22)26)17(33)23-10(2-6-14(27)28)18(34)24-11(3-7-15(29)30)19(35)25-12(20(36)37)4-8-16(31)32/h9-12H,1-8,21H2,(H2,22,26)(H,23,33)(H,24,34)(H,25,35)(H,27,28)(H,29,30)(H,31,32)(H,36,37)/t9-,10-,11-,12-/m0/s1. The van der Waals surface area contributed by atoms with Gasteiger partial charge in [-0.15, -0.1) is 0 Å². The quantitative estimate of drug-likeness (QED) is 0.0787. The predicted molar refractivity (Wildman–Crippen MR) is 120 cm³/mol. The van der Waals surface area contributed by atoms with Crippen LogP contribution >= 0.6 is 0 Å². The van der Waals surface area contributed by atoms with Gasteiger partial charge in [-0.1, -0.05) is 0 Å². The van der Waals surface area contributed by atoms with Crippen LogP contribution in [0.2, 0.25) is 0 Å². The molecule has 17 heteroatoms. The van der Waals surface area contributed by atoms with E-state index in [1.807, 2.05) is 5.32 Å². The van der Waals surface area contributed by atoms with Gasteiger partial charge in [-0.05, 0) is 25.7 Å². The van der Waals surface area contributed by atoms with E-state index in [-0.39, 0.29) is 12.8 Å². The Hall–Kier alpha value is -4.28. The Balaban J connectivity index is 5.64. The summed E-state index contributed by atoms with van der Waals surface area (Å²) in [5.74, 6) is -9.50. The molecule has 0 aliphatic heterocycles. The molecule has 0 fully saturated rings. The molecule has 0 bridgehead atoms. The number of carbonyl (C=O) groups excluding carboxylic acids is 4. The highest BCUT2D eigenvalue weighted by molar-refractivity contribution is 5.94. The first-order chi connectivity index (χ1) is 17.1. The van der Waals surface area contributed by atoms with Gasteiger partial charge < -0.3 is 47.8 Å². The highest BCUT2D eigenvalue weighted by Gasteiger charge is 2.31. The fourth-order valence-corrected chi connectivity index (χ4v) is 2.85. The lowest BCUT2D eigenvalue weighted by Crippen LogP contribution is -2.57. The number of carboxylic acid groups (broad SMARTS) is 4. The molecule has 11 N–H and O–H groups in total. The molecule has 0 radical (unpaired) electrons. The lowest BCUT2D eigenvalue weighted by Gasteiger charge is -2.24. The van der Waals surface area contributed by atoms with Gasteiger partial charge in [0.05, 0.1) is 6.04 Å². The number of primary amides is 1. The second-order valence-electron chi connectivity index (χ2n) is 7.93. The van der Waals surface area contributed by atoms with Crippen LogP contribution in [0.15, 0.2) is 0 Å². The number of hydrogen-bond donors (Lipinski definition) is 9. The maximum Gasteiger partial charge on any atom is 0.326 e. The minimum atomic E-state index is -1.67. The molecule has 0 aliphatic rings. The van der Waals surface area contributed by atoms with E-state index in [9.17, 15) is 43.5 Å². The first kappa shape index (κ1) is 32.7. The molecule has 0 heterocycles. The molecule has 37 heavy (non-hydrogen) atoms. The molecule has 0 aliphatic carbocycles. The Bertz CT molecular complexity index is 893. The second kappa shape index (κ2) is 16.4. The van der Waals surface area contributed by atoms with Crippen LogP contribution in [0.1, 0.15) is 51.4 Å². The van der Waals surface area contributed by atoms with Crippen LogP contribution in [0.3, 0.4) is 0 Å². The summed E-state index contributed by atoms with van der Waals surface area (Å²) in [6.07, 6.45) is -3.75. The van der Waals surface area contributed by atoms with Crippen molar-refractivity contribution < 1.29 is 58.8 Å². The van der Waals surface area contributed by atoms with Crippen LogP contribution < -0.4 is 27.4 Å². The molecular weight excluding hydrogens is 502 g/mol. The lowest BCUT2D eigenvalue weighted by atomic mass is 10.1. The Morgan fingerprint density at radius 3 is 1.24 bits per heavy atom. The average Bonchev–Trinajstić information content (AvgIpc) is 2.79. The van der Waals surface area contributed by atoms with Gasteiger partial charge in [0.25, 0.3) is 0 Å². The van der Waals surface area contributed by atoms with Crippen LogP contribution in [0.4, 0.5) is 0 Å².